The molecule has 25 heavy (non-hydrogen) atoms. The third-order valence-corrected chi connectivity index (χ3v) is 4.62. The molecule has 3 rings (SSSR count). The molecule has 2 aromatic heterocycles. The van der Waals surface area contributed by atoms with E-state index < -0.39 is 0 Å². The largest absolute Gasteiger partial charge is 0.348 e. The average molecular weight is 341 g/mol. The third-order valence-electron chi connectivity index (χ3n) is 4.62. The van der Waals surface area contributed by atoms with E-state index in [1.807, 2.05) is 32.0 Å². The molecule has 132 valence electrons. The number of carbonyl (C=O) groups excluding carboxylic acids is 1. The molecule has 1 fully saturated rings. The Kier molecular flexibility index (Phi) is 4.83. The van der Waals surface area contributed by atoms with Gasteiger partial charge in [-0.1, -0.05) is 0 Å². The van der Waals surface area contributed by atoms with Crippen molar-refractivity contribution in [2.45, 2.75) is 25.7 Å². The molecule has 1 aliphatic rings. The number of anilines is 1. The van der Waals surface area contributed by atoms with Gasteiger partial charge >= 0.3 is 0 Å². The molecular formula is C18H23N5O2. The summed E-state index contributed by atoms with van der Waals surface area (Å²) in [5.41, 5.74) is 2.62. The summed E-state index contributed by atoms with van der Waals surface area (Å²) >= 11 is 0. The van der Waals surface area contributed by atoms with Crippen molar-refractivity contribution in [1.82, 2.24) is 19.9 Å². The lowest BCUT2D eigenvalue weighted by Crippen LogP contribution is -2.30. The fourth-order valence-corrected chi connectivity index (χ4v) is 3.07. The third kappa shape index (κ3) is 3.87. The molecule has 0 radical (unpaired) electrons. The van der Waals surface area contributed by atoms with Gasteiger partial charge in [0.25, 0.3) is 5.56 Å². The lowest BCUT2D eigenvalue weighted by atomic mass is 10.0. The Morgan fingerprint density at radius 1 is 1.44 bits per heavy atom. The number of nitrogens with one attached hydrogen (secondary N) is 1. The number of aromatic nitrogens is 3. The molecule has 3 heterocycles. The van der Waals surface area contributed by atoms with Crippen LogP contribution in [0.5, 0.6) is 0 Å². The Morgan fingerprint density at radius 3 is 2.96 bits per heavy atom. The van der Waals surface area contributed by atoms with Gasteiger partial charge in [0.2, 0.25) is 11.9 Å². The molecule has 1 aliphatic heterocycles. The summed E-state index contributed by atoms with van der Waals surface area (Å²) in [6.45, 7) is 3.27. The highest BCUT2D eigenvalue weighted by Crippen LogP contribution is 2.26. The summed E-state index contributed by atoms with van der Waals surface area (Å²) in [6.07, 6.45) is 4.66. The van der Waals surface area contributed by atoms with Crippen LogP contribution in [0, 0.1) is 6.92 Å². The number of likely N-dealkylation sites (tertiary alicyclic amines) is 1. The van der Waals surface area contributed by atoms with Crippen LogP contribution in [0.1, 0.15) is 29.2 Å². The lowest BCUT2D eigenvalue weighted by molar-refractivity contribution is -0.129. The van der Waals surface area contributed by atoms with Gasteiger partial charge in [0.05, 0.1) is 12.1 Å². The molecule has 0 aromatic carbocycles. The number of rotatable bonds is 4. The van der Waals surface area contributed by atoms with E-state index in [-0.39, 0.29) is 17.4 Å². The van der Waals surface area contributed by atoms with Crippen LogP contribution in [0.25, 0.3) is 0 Å². The Balaban J connectivity index is 1.70. The van der Waals surface area contributed by atoms with Gasteiger partial charge in [0.1, 0.15) is 0 Å². The molecule has 1 amide bonds. The van der Waals surface area contributed by atoms with E-state index in [1.54, 1.807) is 17.3 Å². The van der Waals surface area contributed by atoms with Gasteiger partial charge in [-0.3, -0.25) is 19.6 Å². The van der Waals surface area contributed by atoms with Crippen LogP contribution >= 0.6 is 0 Å². The lowest BCUT2D eigenvalue weighted by Gasteiger charge is -2.18. The minimum atomic E-state index is -0.163. The highest BCUT2D eigenvalue weighted by atomic mass is 16.2. The van der Waals surface area contributed by atoms with Crippen molar-refractivity contribution in [3.63, 3.8) is 0 Å². The molecule has 1 atom stereocenters. The maximum absolute atomic E-state index is 12.6. The minimum absolute atomic E-state index is 0.0938. The maximum atomic E-state index is 12.6. The van der Waals surface area contributed by atoms with Gasteiger partial charge in [-0.05, 0) is 30.5 Å². The molecular weight excluding hydrogens is 318 g/mol. The smallest absolute Gasteiger partial charge is 0.252 e. The van der Waals surface area contributed by atoms with Crippen LogP contribution in [0.2, 0.25) is 0 Å². The number of hydrogen-bond acceptors (Lipinski definition) is 5. The normalized spacial score (nSPS) is 16.9. The number of nitrogens with zero attached hydrogens (tertiary/aromatic N) is 4. The van der Waals surface area contributed by atoms with Gasteiger partial charge in [-0.15, -0.1) is 0 Å². The van der Waals surface area contributed by atoms with Gasteiger partial charge in [0.15, 0.2) is 0 Å². The van der Waals surface area contributed by atoms with Crippen LogP contribution < -0.4 is 10.5 Å². The zero-order chi connectivity index (χ0) is 18.0. The first-order valence-corrected chi connectivity index (χ1v) is 8.40. The molecule has 7 heteroatoms. The highest BCUT2D eigenvalue weighted by Gasteiger charge is 2.29. The van der Waals surface area contributed by atoms with Crippen molar-refractivity contribution in [3.05, 3.63) is 51.7 Å². The maximum Gasteiger partial charge on any atom is 0.252 e. The number of pyridine rings is 1. The summed E-state index contributed by atoms with van der Waals surface area (Å²) in [5.74, 6) is 0.731. The monoisotopic (exact) mass is 341 g/mol. The van der Waals surface area contributed by atoms with Crippen LogP contribution in [-0.4, -0.2) is 52.9 Å². The van der Waals surface area contributed by atoms with Crippen molar-refractivity contribution in [2.24, 2.45) is 0 Å². The highest BCUT2D eigenvalue weighted by molar-refractivity contribution is 5.79. The van der Waals surface area contributed by atoms with Gasteiger partial charge < -0.3 is 9.80 Å². The number of aromatic amines is 1. The molecule has 2 aromatic rings. The second-order valence-corrected chi connectivity index (χ2v) is 6.69. The Hall–Kier alpha value is -2.70. The Morgan fingerprint density at radius 2 is 2.24 bits per heavy atom. The van der Waals surface area contributed by atoms with Crippen molar-refractivity contribution >= 4 is 11.9 Å². The molecule has 7 nitrogen and oxygen atoms in total. The van der Waals surface area contributed by atoms with E-state index in [1.165, 1.54) is 6.07 Å². The SMILES string of the molecule is Cc1ccncc1CC(=O)N1CCC(c2cc(=O)[nH]c(N(C)C)n2)C1. The summed E-state index contributed by atoms with van der Waals surface area (Å²) < 4.78 is 0. The number of hydrogen-bond donors (Lipinski definition) is 1. The molecule has 1 saturated heterocycles. The fourth-order valence-electron chi connectivity index (χ4n) is 3.07. The fraction of sp³-hybridized carbons (Fsp3) is 0.444. The zero-order valence-electron chi connectivity index (χ0n) is 14.8. The standard InChI is InChI=1S/C18H23N5O2/c1-12-4-6-19-10-14(12)8-17(25)23-7-5-13(11-23)15-9-16(24)21-18(20-15)22(2)3/h4,6,9-10,13H,5,7-8,11H2,1-3H3,(H,20,21,24). The molecule has 0 spiro atoms. The molecule has 0 bridgehead atoms. The van der Waals surface area contributed by atoms with Crippen molar-refractivity contribution in [2.75, 3.05) is 32.1 Å². The molecule has 0 saturated carbocycles. The Bertz CT molecular complexity index is 830. The van der Waals surface area contributed by atoms with Crippen molar-refractivity contribution in [3.8, 4) is 0 Å². The van der Waals surface area contributed by atoms with Crippen molar-refractivity contribution in [1.29, 1.82) is 0 Å². The van der Waals surface area contributed by atoms with E-state index in [9.17, 15) is 9.59 Å². The van der Waals surface area contributed by atoms with Crippen LogP contribution in [0.15, 0.2) is 29.3 Å². The second-order valence-electron chi connectivity index (χ2n) is 6.69. The van der Waals surface area contributed by atoms with Crippen LogP contribution in [-0.2, 0) is 11.2 Å². The van der Waals surface area contributed by atoms with E-state index in [4.69, 9.17) is 0 Å². The molecule has 1 N–H and O–H groups in total. The van der Waals surface area contributed by atoms with Gasteiger partial charge in [0, 0.05) is 51.6 Å². The summed E-state index contributed by atoms with van der Waals surface area (Å²) in [7, 11) is 3.67. The number of carbonyl (C=O) groups is 1. The van der Waals surface area contributed by atoms with Gasteiger partial charge in [-0.25, -0.2) is 4.98 Å². The second kappa shape index (κ2) is 7.04. The van der Waals surface area contributed by atoms with Crippen molar-refractivity contribution < 1.29 is 4.79 Å². The predicted octanol–water partition coefficient (Wildman–Crippen LogP) is 1.10. The first kappa shape index (κ1) is 17.1. The van der Waals surface area contributed by atoms with E-state index in [2.05, 4.69) is 15.0 Å². The molecule has 1 unspecified atom stereocenters. The summed E-state index contributed by atoms with van der Waals surface area (Å²) in [4.78, 5) is 39.4. The van der Waals surface area contributed by atoms with E-state index in [0.717, 1.165) is 23.2 Å². The van der Waals surface area contributed by atoms with Gasteiger partial charge in [-0.2, -0.15) is 0 Å². The van der Waals surface area contributed by atoms with Crippen LogP contribution in [0.3, 0.4) is 0 Å². The van der Waals surface area contributed by atoms with E-state index in [0.29, 0.717) is 25.5 Å². The van der Waals surface area contributed by atoms with Crippen LogP contribution in [0.4, 0.5) is 5.95 Å². The predicted molar refractivity (Wildman–Crippen MR) is 95.8 cm³/mol. The number of H-pyrrole nitrogens is 1. The molecule has 0 aliphatic carbocycles. The van der Waals surface area contributed by atoms with E-state index >= 15 is 0 Å². The summed E-state index contributed by atoms with van der Waals surface area (Å²) in [5, 5.41) is 0. The quantitative estimate of drug-likeness (QED) is 0.900. The number of aryl methyl sites for hydroxylation is 1. The number of amides is 1. The average Bonchev–Trinajstić information content (AvgIpc) is 3.06. The Labute approximate surface area is 146 Å². The minimum Gasteiger partial charge on any atom is -0.348 e. The first-order valence-electron chi connectivity index (χ1n) is 8.40. The summed E-state index contributed by atoms with van der Waals surface area (Å²) in [6, 6.07) is 3.45. The topological polar surface area (TPSA) is 82.2 Å². The first-order chi connectivity index (χ1) is 11.9. The zero-order valence-corrected chi connectivity index (χ0v) is 14.8.